The van der Waals surface area contributed by atoms with Crippen molar-refractivity contribution in [1.82, 2.24) is 0 Å². The topological polar surface area (TPSA) is 46.2 Å². The molecule has 0 aromatic heterocycles. The Morgan fingerprint density at radius 2 is 1.80 bits per heavy atom. The molecular formula is C16H14ClNO2. The third-order valence-electron chi connectivity index (χ3n) is 2.83. The van der Waals surface area contributed by atoms with Gasteiger partial charge >= 0.3 is 0 Å². The van der Waals surface area contributed by atoms with Gasteiger partial charge in [-0.2, -0.15) is 0 Å². The number of Topliss-reactive ketones (excluding diaryl/α,β-unsaturated/α-hetero) is 1. The average molecular weight is 288 g/mol. The van der Waals surface area contributed by atoms with Crippen LogP contribution in [0.2, 0.25) is 5.02 Å². The Hall–Kier alpha value is -2.13. The number of nitrogens with one attached hydrogen (secondary N) is 1. The van der Waals surface area contributed by atoms with Crippen LogP contribution in [-0.2, 0) is 11.2 Å². The number of anilines is 1. The maximum absolute atomic E-state index is 11.9. The van der Waals surface area contributed by atoms with Gasteiger partial charge in [0.25, 0.3) is 0 Å². The molecule has 0 aliphatic carbocycles. The second-order valence-corrected chi connectivity index (χ2v) is 4.92. The van der Waals surface area contributed by atoms with E-state index in [-0.39, 0.29) is 18.1 Å². The fourth-order valence-corrected chi connectivity index (χ4v) is 1.93. The van der Waals surface area contributed by atoms with Crippen molar-refractivity contribution in [3.8, 4) is 0 Å². The van der Waals surface area contributed by atoms with E-state index in [1.807, 2.05) is 12.1 Å². The average Bonchev–Trinajstić information content (AvgIpc) is 2.41. The van der Waals surface area contributed by atoms with Gasteiger partial charge in [-0.25, -0.2) is 0 Å². The van der Waals surface area contributed by atoms with Crippen LogP contribution in [0, 0.1) is 0 Å². The summed E-state index contributed by atoms with van der Waals surface area (Å²) >= 11 is 5.79. The van der Waals surface area contributed by atoms with Crippen molar-refractivity contribution in [2.24, 2.45) is 0 Å². The molecule has 0 spiro atoms. The Morgan fingerprint density at radius 1 is 1.10 bits per heavy atom. The van der Waals surface area contributed by atoms with E-state index in [9.17, 15) is 9.59 Å². The normalized spacial score (nSPS) is 10.1. The summed E-state index contributed by atoms with van der Waals surface area (Å²) in [5, 5.41) is 3.42. The van der Waals surface area contributed by atoms with Crippen LogP contribution in [0.25, 0.3) is 0 Å². The molecular weight excluding hydrogens is 274 g/mol. The summed E-state index contributed by atoms with van der Waals surface area (Å²) < 4.78 is 0. The van der Waals surface area contributed by atoms with E-state index < -0.39 is 0 Å². The summed E-state index contributed by atoms with van der Waals surface area (Å²) in [6.07, 6.45) is 0.265. The molecule has 0 radical (unpaired) electrons. The van der Waals surface area contributed by atoms with Crippen LogP contribution in [0.1, 0.15) is 22.8 Å². The fourth-order valence-electron chi connectivity index (χ4n) is 1.81. The Kier molecular flexibility index (Phi) is 4.53. The predicted molar refractivity (Wildman–Crippen MR) is 80.2 cm³/mol. The smallest absolute Gasteiger partial charge is 0.228 e. The lowest BCUT2D eigenvalue weighted by atomic mass is 10.1. The van der Waals surface area contributed by atoms with E-state index in [0.29, 0.717) is 16.3 Å². The molecule has 0 atom stereocenters. The molecule has 0 saturated heterocycles. The first-order chi connectivity index (χ1) is 9.54. The van der Waals surface area contributed by atoms with Gasteiger partial charge in [-0.1, -0.05) is 35.9 Å². The number of ketones is 1. The van der Waals surface area contributed by atoms with E-state index in [4.69, 9.17) is 11.6 Å². The predicted octanol–water partition coefficient (Wildman–Crippen LogP) is 3.72. The zero-order valence-corrected chi connectivity index (χ0v) is 11.8. The van der Waals surface area contributed by atoms with Crippen LogP contribution in [-0.4, -0.2) is 11.7 Å². The minimum absolute atomic E-state index is 0.0289. The molecule has 1 amide bonds. The third kappa shape index (κ3) is 3.93. The van der Waals surface area contributed by atoms with Gasteiger partial charge in [-0.15, -0.1) is 0 Å². The van der Waals surface area contributed by atoms with Crippen molar-refractivity contribution in [2.45, 2.75) is 13.3 Å². The lowest BCUT2D eigenvalue weighted by molar-refractivity contribution is -0.115. The number of hydrogen-bond donors (Lipinski definition) is 1. The van der Waals surface area contributed by atoms with Crippen molar-refractivity contribution >= 4 is 29.0 Å². The Balaban J connectivity index is 2.02. The first kappa shape index (κ1) is 14.3. The molecule has 2 rings (SSSR count). The number of carbonyl (C=O) groups excluding carboxylic acids is 2. The standard InChI is InChI=1S/C16H14ClNO2/c1-11(19)13-3-2-4-15(10-13)18-16(20)9-12-5-7-14(17)8-6-12/h2-8,10H,9H2,1H3,(H,18,20). The number of benzene rings is 2. The second-order valence-electron chi connectivity index (χ2n) is 4.49. The maximum atomic E-state index is 11.9. The molecule has 0 heterocycles. The highest BCUT2D eigenvalue weighted by Gasteiger charge is 2.06. The third-order valence-corrected chi connectivity index (χ3v) is 3.08. The second kappa shape index (κ2) is 6.35. The summed E-state index contributed by atoms with van der Waals surface area (Å²) in [6.45, 7) is 1.49. The van der Waals surface area contributed by atoms with Gasteiger partial charge in [0, 0.05) is 16.3 Å². The van der Waals surface area contributed by atoms with Gasteiger partial charge in [0.2, 0.25) is 5.91 Å². The monoisotopic (exact) mass is 287 g/mol. The van der Waals surface area contributed by atoms with Crippen LogP contribution in [0.15, 0.2) is 48.5 Å². The van der Waals surface area contributed by atoms with E-state index in [0.717, 1.165) is 5.56 Å². The molecule has 2 aromatic carbocycles. The summed E-state index contributed by atoms with van der Waals surface area (Å²) in [4.78, 5) is 23.2. The molecule has 102 valence electrons. The highest BCUT2D eigenvalue weighted by atomic mass is 35.5. The van der Waals surface area contributed by atoms with Crippen molar-refractivity contribution in [3.05, 3.63) is 64.7 Å². The first-order valence-corrected chi connectivity index (χ1v) is 6.58. The minimum Gasteiger partial charge on any atom is -0.326 e. The summed E-state index contributed by atoms with van der Waals surface area (Å²) in [5.41, 5.74) is 2.08. The lowest BCUT2D eigenvalue weighted by Gasteiger charge is -2.06. The minimum atomic E-state index is -0.131. The van der Waals surface area contributed by atoms with Crippen molar-refractivity contribution in [3.63, 3.8) is 0 Å². The van der Waals surface area contributed by atoms with Crippen molar-refractivity contribution in [2.75, 3.05) is 5.32 Å². The lowest BCUT2D eigenvalue weighted by Crippen LogP contribution is -2.14. The largest absolute Gasteiger partial charge is 0.326 e. The van der Waals surface area contributed by atoms with Gasteiger partial charge in [0.1, 0.15) is 0 Å². The molecule has 3 nitrogen and oxygen atoms in total. The van der Waals surface area contributed by atoms with Crippen LogP contribution >= 0.6 is 11.6 Å². The Labute approximate surface area is 122 Å². The first-order valence-electron chi connectivity index (χ1n) is 6.20. The van der Waals surface area contributed by atoms with E-state index in [2.05, 4.69) is 5.32 Å². The van der Waals surface area contributed by atoms with Crippen LogP contribution in [0.3, 0.4) is 0 Å². The molecule has 0 bridgehead atoms. The van der Waals surface area contributed by atoms with E-state index in [1.165, 1.54) is 6.92 Å². The molecule has 0 fully saturated rings. The molecule has 4 heteroatoms. The molecule has 1 N–H and O–H groups in total. The van der Waals surface area contributed by atoms with Gasteiger partial charge in [0.05, 0.1) is 6.42 Å². The highest BCUT2D eigenvalue weighted by molar-refractivity contribution is 6.30. The van der Waals surface area contributed by atoms with E-state index in [1.54, 1.807) is 36.4 Å². The zero-order valence-electron chi connectivity index (χ0n) is 11.0. The van der Waals surface area contributed by atoms with Gasteiger partial charge in [-0.05, 0) is 36.8 Å². The van der Waals surface area contributed by atoms with Crippen molar-refractivity contribution in [1.29, 1.82) is 0 Å². The summed E-state index contributed by atoms with van der Waals surface area (Å²) in [5.74, 6) is -0.160. The quantitative estimate of drug-likeness (QED) is 0.871. The molecule has 0 saturated carbocycles. The number of carbonyl (C=O) groups is 2. The van der Waals surface area contributed by atoms with Gasteiger partial charge < -0.3 is 5.32 Å². The van der Waals surface area contributed by atoms with Gasteiger partial charge in [0.15, 0.2) is 5.78 Å². The Morgan fingerprint density at radius 3 is 2.45 bits per heavy atom. The molecule has 0 aliphatic heterocycles. The number of hydrogen-bond acceptors (Lipinski definition) is 2. The van der Waals surface area contributed by atoms with E-state index >= 15 is 0 Å². The Bertz CT molecular complexity index is 635. The SMILES string of the molecule is CC(=O)c1cccc(NC(=O)Cc2ccc(Cl)cc2)c1. The number of rotatable bonds is 4. The van der Waals surface area contributed by atoms with Crippen molar-refractivity contribution < 1.29 is 9.59 Å². The fraction of sp³-hybridized carbons (Fsp3) is 0.125. The maximum Gasteiger partial charge on any atom is 0.228 e. The number of halogens is 1. The molecule has 2 aromatic rings. The molecule has 0 unspecified atom stereocenters. The summed E-state index contributed by atoms with van der Waals surface area (Å²) in [6, 6.07) is 14.0. The zero-order chi connectivity index (χ0) is 14.5. The van der Waals surface area contributed by atoms with Gasteiger partial charge in [-0.3, -0.25) is 9.59 Å². The van der Waals surface area contributed by atoms with Crippen LogP contribution < -0.4 is 5.32 Å². The summed E-state index contributed by atoms with van der Waals surface area (Å²) in [7, 11) is 0. The van der Waals surface area contributed by atoms with Crippen LogP contribution in [0.5, 0.6) is 0 Å². The highest BCUT2D eigenvalue weighted by Crippen LogP contribution is 2.13. The molecule has 0 aliphatic rings. The number of amides is 1. The molecule has 20 heavy (non-hydrogen) atoms. The van der Waals surface area contributed by atoms with Crippen LogP contribution in [0.4, 0.5) is 5.69 Å².